The molecule has 11 aromatic rings. The SMILES string of the molecule is CC(C)(C)c1cc2c3c(c1)N(c1cc(-c4ccccc4)cc(-c4ccccc4)c1)c1ccc(-c4ccc(C#N)cc4)cc1B3c1cc(-c3ccc(C#N)cc3)ccc1N2c1cc(-c2ccccc2)cc(-c2ccccc2)c1. The Labute approximate surface area is 451 Å². The number of benzene rings is 11. The maximum Gasteiger partial charge on any atom is 0.252 e. The molecule has 0 radical (unpaired) electrons. The standard InChI is InChI=1S/C72H51BN4/c1-72(2,3)62-44-69-71-70(45-62)77(64-40-60(52-20-12-6-13-21-52)37-61(41-64)53-22-14-7-15-23-53)68-35-33-57(55-30-26-49(47-75)27-31-55)43-66(68)73(71)65-42-56(54-28-24-48(46-74)25-29-54)32-34-67(65)76(69)63-38-58(50-16-8-4-9-17-50)36-59(39-63)51-18-10-5-11-19-51/h4-45H,1-3H3. The van der Waals surface area contributed by atoms with E-state index in [4.69, 9.17) is 0 Å². The minimum Gasteiger partial charge on any atom is -0.311 e. The first-order valence-corrected chi connectivity index (χ1v) is 26.3. The van der Waals surface area contributed by atoms with Gasteiger partial charge in [-0.1, -0.05) is 191 Å². The van der Waals surface area contributed by atoms with Crippen molar-refractivity contribution in [1.82, 2.24) is 0 Å². The second kappa shape index (κ2) is 19.1. The van der Waals surface area contributed by atoms with Crippen LogP contribution in [0.1, 0.15) is 37.5 Å². The van der Waals surface area contributed by atoms with Gasteiger partial charge in [0.2, 0.25) is 0 Å². The second-order valence-electron chi connectivity index (χ2n) is 21.2. The fraction of sp³-hybridized carbons (Fsp3) is 0.0556. The third kappa shape index (κ3) is 8.55. The topological polar surface area (TPSA) is 54.1 Å². The van der Waals surface area contributed by atoms with Crippen LogP contribution >= 0.6 is 0 Å². The first-order chi connectivity index (χ1) is 37.7. The minimum atomic E-state index is -0.236. The van der Waals surface area contributed by atoms with Crippen LogP contribution in [0, 0.1) is 22.7 Å². The van der Waals surface area contributed by atoms with Crippen molar-refractivity contribution in [2.45, 2.75) is 26.2 Å². The van der Waals surface area contributed by atoms with Crippen molar-refractivity contribution in [3.8, 4) is 78.9 Å². The van der Waals surface area contributed by atoms with Gasteiger partial charge in [0.05, 0.1) is 23.3 Å². The van der Waals surface area contributed by atoms with Crippen molar-refractivity contribution in [3.63, 3.8) is 0 Å². The van der Waals surface area contributed by atoms with Gasteiger partial charge < -0.3 is 9.80 Å². The molecule has 77 heavy (non-hydrogen) atoms. The summed E-state index contributed by atoms with van der Waals surface area (Å²) in [6, 6.07) is 96.4. The highest BCUT2D eigenvalue weighted by Crippen LogP contribution is 2.49. The van der Waals surface area contributed by atoms with Crippen LogP contribution < -0.4 is 26.2 Å². The molecular formula is C72H51BN4. The molecule has 0 fully saturated rings. The van der Waals surface area contributed by atoms with E-state index in [9.17, 15) is 10.5 Å². The minimum absolute atomic E-state index is 0.208. The lowest BCUT2D eigenvalue weighted by Gasteiger charge is -2.45. The molecule has 0 amide bonds. The summed E-state index contributed by atoms with van der Waals surface area (Å²) < 4.78 is 0. The van der Waals surface area contributed by atoms with Crippen molar-refractivity contribution in [2.24, 2.45) is 0 Å². The largest absolute Gasteiger partial charge is 0.311 e. The number of nitrogens with zero attached hydrogens (tertiary/aromatic N) is 4. The van der Waals surface area contributed by atoms with Crippen LogP contribution in [-0.2, 0) is 5.41 Å². The van der Waals surface area contributed by atoms with Crippen LogP contribution in [0.4, 0.5) is 34.1 Å². The quantitative estimate of drug-likeness (QED) is 0.142. The average Bonchev–Trinajstić information content (AvgIpc) is 3.67. The summed E-state index contributed by atoms with van der Waals surface area (Å²) in [6.07, 6.45) is 0. The monoisotopic (exact) mass is 982 g/mol. The Kier molecular flexibility index (Phi) is 11.6. The smallest absolute Gasteiger partial charge is 0.252 e. The Balaban J connectivity index is 1.15. The van der Waals surface area contributed by atoms with E-state index < -0.39 is 0 Å². The maximum atomic E-state index is 9.84. The lowest BCUT2D eigenvalue weighted by atomic mass is 9.33. The Bertz CT molecular complexity index is 3760. The molecule has 0 aliphatic carbocycles. The predicted octanol–water partition coefficient (Wildman–Crippen LogP) is 16.8. The summed E-state index contributed by atoms with van der Waals surface area (Å²) in [4.78, 5) is 5.07. The molecule has 2 heterocycles. The van der Waals surface area contributed by atoms with Crippen LogP contribution in [0.25, 0.3) is 66.8 Å². The highest BCUT2D eigenvalue weighted by molar-refractivity contribution is 7.00. The normalized spacial score (nSPS) is 12.2. The summed E-state index contributed by atoms with van der Waals surface area (Å²) in [5.41, 5.74) is 25.7. The first kappa shape index (κ1) is 46.8. The lowest BCUT2D eigenvalue weighted by Crippen LogP contribution is -2.61. The van der Waals surface area contributed by atoms with Gasteiger partial charge in [0.15, 0.2) is 0 Å². The van der Waals surface area contributed by atoms with Gasteiger partial charge in [-0.2, -0.15) is 10.5 Å². The van der Waals surface area contributed by atoms with Crippen molar-refractivity contribution >= 4 is 57.2 Å². The van der Waals surface area contributed by atoms with Crippen LogP contribution in [-0.4, -0.2) is 6.71 Å². The summed E-state index contributed by atoms with van der Waals surface area (Å²) >= 11 is 0. The Morgan fingerprint density at radius 3 is 0.935 bits per heavy atom. The van der Waals surface area contributed by atoms with Crippen LogP contribution in [0.15, 0.2) is 255 Å². The van der Waals surface area contributed by atoms with Crippen molar-refractivity contribution < 1.29 is 0 Å². The third-order valence-corrected chi connectivity index (χ3v) is 15.4. The molecule has 13 rings (SSSR count). The van der Waals surface area contributed by atoms with Crippen LogP contribution in [0.5, 0.6) is 0 Å². The number of hydrogen-bond donors (Lipinski definition) is 0. The van der Waals surface area contributed by atoms with E-state index in [0.717, 1.165) is 101 Å². The first-order valence-electron chi connectivity index (χ1n) is 26.3. The summed E-state index contributed by atoms with van der Waals surface area (Å²) in [6.45, 7) is 6.76. The molecule has 0 atom stereocenters. The average molecular weight is 983 g/mol. The van der Waals surface area contributed by atoms with E-state index in [2.05, 4.69) is 273 Å². The Hall–Kier alpha value is -9.94. The van der Waals surface area contributed by atoms with E-state index >= 15 is 0 Å². The number of anilines is 6. The molecule has 0 saturated carbocycles. The Morgan fingerprint density at radius 2 is 0.623 bits per heavy atom. The van der Waals surface area contributed by atoms with Crippen LogP contribution in [0.2, 0.25) is 0 Å². The zero-order valence-electron chi connectivity index (χ0n) is 43.1. The van der Waals surface area contributed by atoms with Crippen molar-refractivity contribution in [1.29, 1.82) is 10.5 Å². The van der Waals surface area contributed by atoms with E-state index in [-0.39, 0.29) is 12.1 Å². The zero-order chi connectivity index (χ0) is 52.2. The highest BCUT2D eigenvalue weighted by Gasteiger charge is 2.45. The van der Waals surface area contributed by atoms with E-state index in [1.54, 1.807) is 0 Å². The molecule has 362 valence electrons. The van der Waals surface area contributed by atoms with Gasteiger partial charge in [-0.05, 0) is 179 Å². The molecule has 0 saturated heterocycles. The van der Waals surface area contributed by atoms with E-state index in [1.165, 1.54) is 22.0 Å². The molecule has 4 nitrogen and oxygen atoms in total. The predicted molar refractivity (Wildman–Crippen MR) is 321 cm³/mol. The fourth-order valence-corrected chi connectivity index (χ4v) is 11.5. The van der Waals surface area contributed by atoms with Crippen molar-refractivity contribution in [3.05, 3.63) is 271 Å². The van der Waals surface area contributed by atoms with Gasteiger partial charge in [-0.3, -0.25) is 0 Å². The fourth-order valence-electron chi connectivity index (χ4n) is 11.5. The number of hydrogen-bond acceptors (Lipinski definition) is 4. The van der Waals surface area contributed by atoms with Gasteiger partial charge in [0, 0.05) is 34.1 Å². The molecule has 0 aromatic heterocycles. The number of nitriles is 2. The van der Waals surface area contributed by atoms with E-state index in [1.807, 2.05) is 24.3 Å². The van der Waals surface area contributed by atoms with Gasteiger partial charge in [0.1, 0.15) is 0 Å². The summed E-state index contributed by atoms with van der Waals surface area (Å²) in [7, 11) is 0. The Morgan fingerprint density at radius 1 is 0.312 bits per heavy atom. The lowest BCUT2D eigenvalue weighted by molar-refractivity contribution is 0.590. The number of rotatable bonds is 8. The van der Waals surface area contributed by atoms with Gasteiger partial charge in [-0.15, -0.1) is 0 Å². The molecule has 0 spiro atoms. The summed E-state index contributed by atoms with van der Waals surface area (Å²) in [5, 5.41) is 19.7. The highest BCUT2D eigenvalue weighted by atomic mass is 15.2. The molecule has 2 aliphatic heterocycles. The second-order valence-corrected chi connectivity index (χ2v) is 21.2. The van der Waals surface area contributed by atoms with Crippen molar-refractivity contribution in [2.75, 3.05) is 9.80 Å². The summed E-state index contributed by atoms with van der Waals surface area (Å²) in [5.74, 6) is 0. The molecule has 11 aromatic carbocycles. The molecular weight excluding hydrogens is 932 g/mol. The molecule has 0 bridgehead atoms. The number of fused-ring (bicyclic) bond motifs is 4. The zero-order valence-corrected chi connectivity index (χ0v) is 43.1. The van der Waals surface area contributed by atoms with Gasteiger partial charge >= 0.3 is 0 Å². The van der Waals surface area contributed by atoms with E-state index in [0.29, 0.717) is 11.1 Å². The molecule has 5 heteroatoms. The molecule has 0 N–H and O–H groups in total. The maximum absolute atomic E-state index is 9.84. The van der Waals surface area contributed by atoms with Crippen LogP contribution in [0.3, 0.4) is 0 Å². The molecule has 2 aliphatic rings. The van der Waals surface area contributed by atoms with Gasteiger partial charge in [-0.25, -0.2) is 0 Å². The third-order valence-electron chi connectivity index (χ3n) is 15.4. The molecule has 0 unspecified atom stereocenters. The van der Waals surface area contributed by atoms with Gasteiger partial charge in [0.25, 0.3) is 6.71 Å².